The van der Waals surface area contributed by atoms with Crippen LogP contribution in [0.3, 0.4) is 0 Å². The van der Waals surface area contributed by atoms with Gasteiger partial charge in [0.25, 0.3) is 0 Å². The summed E-state index contributed by atoms with van der Waals surface area (Å²) in [6.07, 6.45) is 3.98. The molecule has 1 unspecified atom stereocenters. The largest absolute Gasteiger partial charge is 0.478 e. The highest BCUT2D eigenvalue weighted by molar-refractivity contribution is 7.99. The number of carboxylic acids is 1. The van der Waals surface area contributed by atoms with E-state index in [-0.39, 0.29) is 23.3 Å². The number of aromatic carboxylic acids is 1. The van der Waals surface area contributed by atoms with Crippen molar-refractivity contribution in [2.75, 3.05) is 16.9 Å². The first-order chi connectivity index (χ1) is 12.4. The van der Waals surface area contributed by atoms with Crippen LogP contribution < -0.4 is 5.32 Å². The topological polar surface area (TPSA) is 86.7 Å². The maximum Gasteiger partial charge on any atom is 0.336 e. The Morgan fingerprint density at radius 1 is 1.15 bits per heavy atom. The molecular formula is C19H24N2O4S. The number of carboxylic acid groups (broad SMARTS) is 1. The maximum absolute atomic E-state index is 12.8. The van der Waals surface area contributed by atoms with Gasteiger partial charge in [0.2, 0.25) is 11.8 Å². The van der Waals surface area contributed by atoms with Crippen molar-refractivity contribution >= 4 is 35.2 Å². The Balaban J connectivity index is 1.76. The minimum absolute atomic E-state index is 0.0451. The van der Waals surface area contributed by atoms with Gasteiger partial charge in [-0.15, -0.1) is 11.8 Å². The van der Waals surface area contributed by atoms with Gasteiger partial charge in [0.1, 0.15) is 6.04 Å². The third-order valence-corrected chi connectivity index (χ3v) is 6.24. The predicted molar refractivity (Wildman–Crippen MR) is 101 cm³/mol. The Bertz CT molecular complexity index is 743. The monoisotopic (exact) mass is 376 g/mol. The van der Waals surface area contributed by atoms with E-state index in [4.69, 9.17) is 0 Å². The van der Waals surface area contributed by atoms with Gasteiger partial charge in [-0.1, -0.05) is 18.9 Å². The zero-order chi connectivity index (χ0) is 18.8. The molecule has 1 saturated carbocycles. The number of amides is 2. The van der Waals surface area contributed by atoms with Gasteiger partial charge in [-0.05, 0) is 43.9 Å². The number of carbonyl (C=O) groups excluding carboxylic acids is 2. The fourth-order valence-electron chi connectivity index (χ4n) is 3.72. The highest BCUT2D eigenvalue weighted by Crippen LogP contribution is 2.31. The molecule has 2 amide bonds. The Hall–Kier alpha value is -2.02. The smallest absolute Gasteiger partial charge is 0.336 e. The molecule has 140 valence electrons. The van der Waals surface area contributed by atoms with Gasteiger partial charge in [0.15, 0.2) is 0 Å². The molecule has 2 aliphatic rings. The molecule has 2 fully saturated rings. The molecule has 0 radical (unpaired) electrons. The predicted octanol–water partition coefficient (Wildman–Crippen LogP) is 3.03. The number of benzene rings is 1. The van der Waals surface area contributed by atoms with E-state index in [9.17, 15) is 19.5 Å². The molecule has 1 aromatic carbocycles. The van der Waals surface area contributed by atoms with Gasteiger partial charge in [-0.25, -0.2) is 4.79 Å². The van der Waals surface area contributed by atoms with Crippen LogP contribution in [0.25, 0.3) is 0 Å². The Labute approximate surface area is 157 Å². The summed E-state index contributed by atoms with van der Waals surface area (Å²) in [5, 5.41) is 12.1. The fraction of sp³-hybridized carbons (Fsp3) is 0.526. The van der Waals surface area contributed by atoms with Crippen LogP contribution in [0.1, 0.15) is 47.2 Å². The van der Waals surface area contributed by atoms with Crippen molar-refractivity contribution in [3.05, 3.63) is 28.8 Å². The lowest BCUT2D eigenvalue weighted by Gasteiger charge is -2.26. The molecule has 0 spiro atoms. The lowest BCUT2D eigenvalue weighted by molar-refractivity contribution is -0.139. The van der Waals surface area contributed by atoms with Gasteiger partial charge in [0.05, 0.1) is 11.4 Å². The molecule has 1 atom stereocenters. The fourth-order valence-corrected chi connectivity index (χ4v) is 4.88. The molecule has 0 bridgehead atoms. The van der Waals surface area contributed by atoms with Crippen molar-refractivity contribution in [3.8, 4) is 0 Å². The maximum atomic E-state index is 12.8. The molecule has 2 N–H and O–H groups in total. The number of nitrogens with zero attached hydrogens (tertiary/aromatic N) is 1. The van der Waals surface area contributed by atoms with Crippen molar-refractivity contribution in [2.45, 2.75) is 45.6 Å². The van der Waals surface area contributed by atoms with E-state index in [2.05, 4.69) is 5.32 Å². The highest BCUT2D eigenvalue weighted by Gasteiger charge is 2.38. The molecule has 1 aromatic rings. The first kappa shape index (κ1) is 18.8. The summed E-state index contributed by atoms with van der Waals surface area (Å²) in [5.74, 6) is -0.0258. The molecule has 1 saturated heterocycles. The van der Waals surface area contributed by atoms with Crippen molar-refractivity contribution in [2.24, 2.45) is 5.92 Å². The van der Waals surface area contributed by atoms with Crippen LogP contribution >= 0.6 is 11.8 Å². The zero-order valence-corrected chi connectivity index (χ0v) is 15.9. The van der Waals surface area contributed by atoms with Gasteiger partial charge in [-0.2, -0.15) is 0 Å². The van der Waals surface area contributed by atoms with Gasteiger partial charge in [0, 0.05) is 17.4 Å². The molecule has 1 aliphatic carbocycles. The van der Waals surface area contributed by atoms with E-state index < -0.39 is 12.0 Å². The first-order valence-corrected chi connectivity index (χ1v) is 10.1. The summed E-state index contributed by atoms with van der Waals surface area (Å²) < 4.78 is 0. The minimum atomic E-state index is -1.02. The van der Waals surface area contributed by atoms with E-state index >= 15 is 0 Å². The third-order valence-electron chi connectivity index (χ3n) is 5.23. The number of rotatable bonds is 4. The average Bonchev–Trinajstić information content (AvgIpc) is 3.27. The Morgan fingerprint density at radius 3 is 2.50 bits per heavy atom. The number of anilines is 1. The zero-order valence-electron chi connectivity index (χ0n) is 15.1. The SMILES string of the molecule is Cc1cc(C)c(C(=O)O)cc1NC(=O)C1CSCN1C(=O)C1CCCC1. The molecule has 3 rings (SSSR count). The second-order valence-corrected chi connectivity index (χ2v) is 8.08. The number of aryl methyl sites for hydroxylation is 2. The molecule has 1 heterocycles. The lowest BCUT2D eigenvalue weighted by atomic mass is 10.0. The number of thioether (sulfide) groups is 1. The van der Waals surface area contributed by atoms with Crippen molar-refractivity contribution in [3.63, 3.8) is 0 Å². The van der Waals surface area contributed by atoms with Crippen LogP contribution in [-0.4, -0.2) is 45.5 Å². The van der Waals surface area contributed by atoms with Crippen LogP contribution in [0.2, 0.25) is 0 Å². The highest BCUT2D eigenvalue weighted by atomic mass is 32.2. The van der Waals surface area contributed by atoms with Crippen molar-refractivity contribution in [1.29, 1.82) is 0 Å². The minimum Gasteiger partial charge on any atom is -0.478 e. The van der Waals surface area contributed by atoms with Crippen molar-refractivity contribution < 1.29 is 19.5 Å². The molecule has 7 heteroatoms. The standard InChI is InChI=1S/C19H24N2O4S/c1-11-7-12(2)15(8-14(11)19(24)25)20-17(22)16-9-26-10-21(16)18(23)13-5-3-4-6-13/h7-8,13,16H,3-6,9-10H2,1-2H3,(H,20,22)(H,24,25). The normalized spacial score (nSPS) is 20.4. The van der Waals surface area contributed by atoms with Gasteiger partial charge in [-0.3, -0.25) is 9.59 Å². The summed E-state index contributed by atoms with van der Waals surface area (Å²) >= 11 is 1.58. The quantitative estimate of drug-likeness (QED) is 0.843. The van der Waals surface area contributed by atoms with Crippen molar-refractivity contribution in [1.82, 2.24) is 4.90 Å². The van der Waals surface area contributed by atoms with Crippen LogP contribution in [0.5, 0.6) is 0 Å². The first-order valence-electron chi connectivity index (χ1n) is 8.92. The van der Waals surface area contributed by atoms with E-state index in [1.54, 1.807) is 29.7 Å². The van der Waals surface area contributed by atoms with E-state index in [1.165, 1.54) is 6.07 Å². The molecule has 6 nitrogen and oxygen atoms in total. The summed E-state index contributed by atoms with van der Waals surface area (Å²) in [5.41, 5.74) is 2.12. The van der Waals surface area contributed by atoms with Gasteiger partial charge < -0.3 is 15.3 Å². The summed E-state index contributed by atoms with van der Waals surface area (Å²) in [7, 11) is 0. The number of nitrogens with one attached hydrogen (secondary N) is 1. The summed E-state index contributed by atoms with van der Waals surface area (Å²) in [6.45, 7) is 3.57. The van der Waals surface area contributed by atoms with Crippen LogP contribution in [0.15, 0.2) is 12.1 Å². The lowest BCUT2D eigenvalue weighted by Crippen LogP contribution is -2.46. The van der Waals surface area contributed by atoms with Crippen LogP contribution in [0, 0.1) is 19.8 Å². The number of carbonyl (C=O) groups is 3. The molecular weight excluding hydrogens is 352 g/mol. The Kier molecular flexibility index (Phi) is 5.55. The summed E-state index contributed by atoms with van der Waals surface area (Å²) in [6, 6.07) is 2.75. The molecule has 1 aliphatic heterocycles. The third kappa shape index (κ3) is 3.72. The second kappa shape index (κ2) is 7.70. The average molecular weight is 376 g/mol. The van der Waals surface area contributed by atoms with E-state index in [0.717, 1.165) is 31.2 Å². The van der Waals surface area contributed by atoms with E-state index in [0.29, 0.717) is 22.9 Å². The number of hydrogen-bond acceptors (Lipinski definition) is 4. The molecule has 26 heavy (non-hydrogen) atoms. The number of hydrogen-bond donors (Lipinski definition) is 2. The second-order valence-electron chi connectivity index (χ2n) is 7.08. The van der Waals surface area contributed by atoms with Crippen LogP contribution in [-0.2, 0) is 9.59 Å². The van der Waals surface area contributed by atoms with E-state index in [1.807, 2.05) is 6.92 Å². The van der Waals surface area contributed by atoms with Gasteiger partial charge >= 0.3 is 5.97 Å². The summed E-state index contributed by atoms with van der Waals surface area (Å²) in [4.78, 5) is 38.6. The molecule has 0 aromatic heterocycles. The Morgan fingerprint density at radius 2 is 1.85 bits per heavy atom. The van der Waals surface area contributed by atoms with Crippen LogP contribution in [0.4, 0.5) is 5.69 Å².